The Morgan fingerprint density at radius 3 is 2.30 bits per heavy atom. The van der Waals surface area contributed by atoms with Gasteiger partial charge in [0.25, 0.3) is 0 Å². The van der Waals surface area contributed by atoms with Gasteiger partial charge in [-0.05, 0) is 30.3 Å². The Balaban J connectivity index is 1.56. The van der Waals surface area contributed by atoms with Gasteiger partial charge in [-0.2, -0.15) is 4.31 Å². The average Bonchev–Trinajstić information content (AvgIpc) is 2.84. The molecule has 2 aromatic rings. The van der Waals surface area contributed by atoms with Gasteiger partial charge in [0.15, 0.2) is 0 Å². The van der Waals surface area contributed by atoms with Crippen LogP contribution in [0, 0.1) is 5.82 Å². The summed E-state index contributed by atoms with van der Waals surface area (Å²) in [6, 6.07) is 10.8. The van der Waals surface area contributed by atoms with E-state index in [1.54, 1.807) is 24.3 Å². The lowest BCUT2D eigenvalue weighted by Crippen LogP contribution is -2.40. The second kappa shape index (κ2) is 10.5. The number of amides is 1. The maximum absolute atomic E-state index is 13.8. The molecule has 9 nitrogen and oxygen atoms in total. The lowest BCUT2D eigenvalue weighted by Gasteiger charge is -2.31. The Morgan fingerprint density at radius 2 is 1.61 bits per heavy atom. The molecular formula is C22H27FN4O5S. The molecule has 0 atom stereocenters. The van der Waals surface area contributed by atoms with Gasteiger partial charge < -0.3 is 25.0 Å². The summed E-state index contributed by atoms with van der Waals surface area (Å²) in [5, 5.41) is 5.57. The van der Waals surface area contributed by atoms with Crippen LogP contribution in [0.15, 0.2) is 47.4 Å². The predicted molar refractivity (Wildman–Crippen MR) is 123 cm³/mol. The molecule has 1 amide bonds. The fraction of sp³-hybridized carbons (Fsp3) is 0.409. The largest absolute Gasteiger partial charge is 0.379 e. The first-order valence-electron chi connectivity index (χ1n) is 10.8. The molecule has 4 rings (SSSR count). The number of benzene rings is 2. The number of anilines is 3. The highest BCUT2D eigenvalue weighted by molar-refractivity contribution is 7.89. The molecule has 0 aromatic heterocycles. The Bertz CT molecular complexity index is 1090. The first-order chi connectivity index (χ1) is 15.9. The monoisotopic (exact) mass is 478 g/mol. The van der Waals surface area contributed by atoms with E-state index in [9.17, 15) is 17.6 Å². The average molecular weight is 479 g/mol. The van der Waals surface area contributed by atoms with Gasteiger partial charge in [0.1, 0.15) is 5.82 Å². The molecule has 2 heterocycles. The van der Waals surface area contributed by atoms with Gasteiger partial charge in [-0.1, -0.05) is 12.1 Å². The molecule has 2 fully saturated rings. The molecule has 2 aromatic carbocycles. The van der Waals surface area contributed by atoms with E-state index in [-0.39, 0.29) is 30.2 Å². The maximum Gasteiger partial charge on any atom is 0.243 e. The van der Waals surface area contributed by atoms with Crippen molar-refractivity contribution in [1.29, 1.82) is 0 Å². The van der Waals surface area contributed by atoms with E-state index in [0.29, 0.717) is 50.9 Å². The molecule has 0 radical (unpaired) electrons. The van der Waals surface area contributed by atoms with Crippen molar-refractivity contribution in [2.45, 2.75) is 4.90 Å². The lowest BCUT2D eigenvalue weighted by atomic mass is 10.2. The van der Waals surface area contributed by atoms with E-state index in [2.05, 4.69) is 10.6 Å². The van der Waals surface area contributed by atoms with E-state index in [4.69, 9.17) is 9.47 Å². The van der Waals surface area contributed by atoms with Crippen LogP contribution in [-0.2, 0) is 24.3 Å². The Hall–Kier alpha value is -2.73. The van der Waals surface area contributed by atoms with Crippen LogP contribution in [0.4, 0.5) is 21.5 Å². The number of rotatable bonds is 7. The zero-order chi connectivity index (χ0) is 23.3. The van der Waals surface area contributed by atoms with Crippen LogP contribution in [0.2, 0.25) is 0 Å². The molecule has 2 aliphatic heterocycles. The lowest BCUT2D eigenvalue weighted by molar-refractivity contribution is -0.114. The Kier molecular flexibility index (Phi) is 7.43. The highest BCUT2D eigenvalue weighted by Gasteiger charge is 2.28. The number of hydrogen-bond donors (Lipinski definition) is 2. The van der Waals surface area contributed by atoms with E-state index in [0.717, 1.165) is 0 Å². The van der Waals surface area contributed by atoms with Crippen molar-refractivity contribution in [3.05, 3.63) is 48.3 Å². The zero-order valence-electron chi connectivity index (χ0n) is 18.1. The second-order valence-corrected chi connectivity index (χ2v) is 9.61. The standard InChI is InChI=1S/C22H27FN4O5S/c23-18-3-1-2-4-19(18)24-16-22(28)25-20-15-17(33(29,30)27-9-13-32-14-10-27)5-6-21(20)26-7-11-31-12-8-26/h1-6,15,24H,7-14,16H2,(H,25,28). The summed E-state index contributed by atoms with van der Waals surface area (Å²) in [5.74, 6) is -0.883. The van der Waals surface area contributed by atoms with Crippen molar-refractivity contribution in [2.75, 3.05) is 74.7 Å². The summed E-state index contributed by atoms with van der Waals surface area (Å²) in [4.78, 5) is 14.8. The molecule has 0 spiro atoms. The number of nitrogens with zero attached hydrogens (tertiary/aromatic N) is 2. The SMILES string of the molecule is O=C(CNc1ccccc1F)Nc1cc(S(=O)(=O)N2CCOCC2)ccc1N1CCOCC1. The number of halogens is 1. The minimum atomic E-state index is -3.74. The van der Waals surface area contributed by atoms with Gasteiger partial charge in [-0.3, -0.25) is 4.79 Å². The predicted octanol–water partition coefficient (Wildman–Crippen LogP) is 1.73. The van der Waals surface area contributed by atoms with E-state index in [1.165, 1.54) is 22.5 Å². The molecular weight excluding hydrogens is 451 g/mol. The van der Waals surface area contributed by atoms with Gasteiger partial charge in [0.05, 0.1) is 54.9 Å². The summed E-state index contributed by atoms with van der Waals surface area (Å²) >= 11 is 0. The van der Waals surface area contributed by atoms with Crippen molar-refractivity contribution in [1.82, 2.24) is 4.31 Å². The van der Waals surface area contributed by atoms with Crippen molar-refractivity contribution in [3.8, 4) is 0 Å². The highest BCUT2D eigenvalue weighted by atomic mass is 32.2. The van der Waals surface area contributed by atoms with E-state index in [1.807, 2.05) is 4.90 Å². The topological polar surface area (TPSA) is 100 Å². The van der Waals surface area contributed by atoms with Crippen LogP contribution in [0.5, 0.6) is 0 Å². The van der Waals surface area contributed by atoms with Gasteiger partial charge in [-0.25, -0.2) is 12.8 Å². The number of nitrogens with one attached hydrogen (secondary N) is 2. The van der Waals surface area contributed by atoms with Crippen LogP contribution in [-0.4, -0.2) is 77.8 Å². The molecule has 11 heteroatoms. The summed E-state index contributed by atoms with van der Waals surface area (Å²) < 4.78 is 52.2. The fourth-order valence-electron chi connectivity index (χ4n) is 3.77. The van der Waals surface area contributed by atoms with Crippen molar-refractivity contribution in [2.24, 2.45) is 0 Å². The molecule has 2 N–H and O–H groups in total. The molecule has 0 unspecified atom stereocenters. The number of morpholine rings is 2. The van der Waals surface area contributed by atoms with Crippen LogP contribution < -0.4 is 15.5 Å². The molecule has 2 saturated heterocycles. The Morgan fingerprint density at radius 1 is 0.939 bits per heavy atom. The third kappa shape index (κ3) is 5.61. The summed E-state index contributed by atoms with van der Waals surface area (Å²) in [6.45, 7) is 3.38. The van der Waals surface area contributed by atoms with Crippen LogP contribution in [0.1, 0.15) is 0 Å². The first-order valence-corrected chi connectivity index (χ1v) is 12.2. The van der Waals surface area contributed by atoms with Crippen molar-refractivity contribution >= 4 is 33.0 Å². The van der Waals surface area contributed by atoms with Crippen LogP contribution >= 0.6 is 0 Å². The normalized spacial score (nSPS) is 17.5. The van der Waals surface area contributed by atoms with Crippen molar-refractivity contribution in [3.63, 3.8) is 0 Å². The third-order valence-corrected chi connectivity index (χ3v) is 7.41. The van der Waals surface area contributed by atoms with Gasteiger partial charge in [-0.15, -0.1) is 0 Å². The van der Waals surface area contributed by atoms with Gasteiger partial charge >= 0.3 is 0 Å². The second-order valence-electron chi connectivity index (χ2n) is 7.68. The quantitative estimate of drug-likeness (QED) is 0.625. The number of sulfonamides is 1. The number of carbonyl (C=O) groups excluding carboxylic acids is 1. The number of para-hydroxylation sites is 1. The molecule has 33 heavy (non-hydrogen) atoms. The fourth-order valence-corrected chi connectivity index (χ4v) is 5.20. The number of hydrogen-bond acceptors (Lipinski definition) is 7. The molecule has 0 bridgehead atoms. The minimum Gasteiger partial charge on any atom is -0.379 e. The molecule has 0 saturated carbocycles. The van der Waals surface area contributed by atoms with E-state index < -0.39 is 21.7 Å². The van der Waals surface area contributed by atoms with Gasteiger partial charge in [0.2, 0.25) is 15.9 Å². The summed E-state index contributed by atoms with van der Waals surface area (Å²) in [7, 11) is -3.74. The summed E-state index contributed by atoms with van der Waals surface area (Å²) in [5.41, 5.74) is 1.30. The van der Waals surface area contributed by atoms with Crippen LogP contribution in [0.25, 0.3) is 0 Å². The molecule has 178 valence electrons. The number of ether oxygens (including phenoxy) is 2. The number of carbonyl (C=O) groups is 1. The third-order valence-electron chi connectivity index (χ3n) is 5.51. The highest BCUT2D eigenvalue weighted by Crippen LogP contribution is 2.31. The first kappa shape index (κ1) is 23.4. The van der Waals surface area contributed by atoms with Crippen molar-refractivity contribution < 1.29 is 27.1 Å². The molecule has 0 aliphatic carbocycles. The van der Waals surface area contributed by atoms with E-state index >= 15 is 0 Å². The van der Waals surface area contributed by atoms with Crippen LogP contribution in [0.3, 0.4) is 0 Å². The maximum atomic E-state index is 13.8. The smallest absolute Gasteiger partial charge is 0.243 e. The zero-order valence-corrected chi connectivity index (χ0v) is 18.9. The Labute approximate surface area is 192 Å². The van der Waals surface area contributed by atoms with Gasteiger partial charge in [0, 0.05) is 26.2 Å². The summed E-state index contributed by atoms with van der Waals surface area (Å²) in [6.07, 6.45) is 0. The minimum absolute atomic E-state index is 0.0961. The molecule has 2 aliphatic rings.